The topological polar surface area (TPSA) is 43.4 Å². The quantitative estimate of drug-likeness (QED) is 0.107. The van der Waals surface area contributed by atoms with Crippen LogP contribution in [0.5, 0.6) is 5.75 Å². The monoisotopic (exact) mass is 1280 g/mol. The van der Waals surface area contributed by atoms with E-state index in [9.17, 15) is 9.59 Å². The fourth-order valence-electron chi connectivity index (χ4n) is 16.1. The molecule has 0 saturated carbocycles. The van der Waals surface area contributed by atoms with Crippen molar-refractivity contribution in [1.82, 2.24) is 0 Å². The first-order valence-corrected chi connectivity index (χ1v) is 39.1. The summed E-state index contributed by atoms with van der Waals surface area (Å²) in [5.74, 6) is 2.36. The lowest BCUT2D eigenvalue weighted by Gasteiger charge is -2.42. The van der Waals surface area contributed by atoms with Gasteiger partial charge >= 0.3 is 0 Å². The van der Waals surface area contributed by atoms with Crippen LogP contribution in [0.4, 0.5) is 0 Å². The predicted octanol–water partition coefficient (Wildman–Crippen LogP) is 21.6. The zero-order valence-electron chi connectivity index (χ0n) is 54.4. The molecule has 15 rings (SSSR count). The highest BCUT2D eigenvalue weighted by molar-refractivity contribution is 8.00. The number of carbonyl (C=O) groups is 2. The summed E-state index contributed by atoms with van der Waals surface area (Å²) in [5.41, 5.74) is 14.6. The number of rotatable bonds is 9. The van der Waals surface area contributed by atoms with E-state index in [0.29, 0.717) is 43.9 Å². The average molecular weight is 1280 g/mol. The van der Waals surface area contributed by atoms with Gasteiger partial charge in [0.2, 0.25) is 11.6 Å². The van der Waals surface area contributed by atoms with Crippen LogP contribution in [0.2, 0.25) is 0 Å². The summed E-state index contributed by atoms with van der Waals surface area (Å²) >= 11 is 0. The van der Waals surface area contributed by atoms with E-state index in [1.807, 2.05) is 54.6 Å². The molecule has 0 aliphatic carbocycles. The molecule has 8 bridgehead atoms. The van der Waals surface area contributed by atoms with E-state index in [1.54, 1.807) is 45.4 Å². The summed E-state index contributed by atoms with van der Waals surface area (Å²) < 4.78 is 5.24. The van der Waals surface area contributed by atoms with Crippen molar-refractivity contribution in [3.63, 3.8) is 0 Å². The molecule has 0 spiro atoms. The van der Waals surface area contributed by atoms with Crippen LogP contribution < -0.4 is 4.74 Å². The molecule has 7 aromatic rings. The molecular formula is C83H106O3S4+4. The number of ketones is 2. The molecule has 0 amide bonds. The number of hydrogen-bond acceptors (Lipinski definition) is 3. The number of fused-ring (bicyclic) bond motifs is 17. The minimum Gasteiger partial charge on any atom is -0.497 e. The third kappa shape index (κ3) is 14.1. The predicted molar refractivity (Wildman–Crippen MR) is 394 cm³/mol. The van der Waals surface area contributed by atoms with Crippen molar-refractivity contribution in [2.75, 3.05) is 12.9 Å². The SMILES string of the molecule is C.C.CC(C)(C)c1ccc([S+]2C3CCC2c2ccccc23)cc1.CC(C)(C)c1ccc([S+]2C3c4ccccc4C2c2ccccc23)cc1.COc1ccc(C(=O)C([S+]2C3CCCC2CCC3)C(C)(C)C)cc1.O=C(C[S+]1C2CCCC1CCC2)c1ccccc1. The summed E-state index contributed by atoms with van der Waals surface area (Å²) in [4.78, 5) is 28.9. The molecule has 90 heavy (non-hydrogen) atoms. The van der Waals surface area contributed by atoms with E-state index in [2.05, 4.69) is 184 Å². The molecule has 3 nitrogen and oxygen atoms in total. The molecule has 8 aliphatic heterocycles. The molecule has 5 fully saturated rings. The molecule has 5 saturated heterocycles. The Balaban J connectivity index is 0.000000132. The van der Waals surface area contributed by atoms with Gasteiger partial charge in [0.1, 0.15) is 37.2 Å². The van der Waals surface area contributed by atoms with Crippen molar-refractivity contribution in [2.45, 2.75) is 235 Å². The highest BCUT2D eigenvalue weighted by Crippen LogP contribution is 2.63. The van der Waals surface area contributed by atoms with Crippen LogP contribution in [0.15, 0.2) is 186 Å². The molecule has 8 aliphatic rings. The van der Waals surface area contributed by atoms with Gasteiger partial charge in [0.05, 0.1) is 7.11 Å². The molecule has 3 atom stereocenters. The first-order chi connectivity index (χ1) is 42.4. The van der Waals surface area contributed by atoms with Gasteiger partial charge in [0, 0.05) is 106 Å². The minimum absolute atomic E-state index is 0. The molecule has 7 heteroatoms. The van der Waals surface area contributed by atoms with Crippen LogP contribution in [0.25, 0.3) is 0 Å². The highest BCUT2D eigenvalue weighted by atomic mass is 32.2. The third-order valence-corrected chi connectivity index (χ3v) is 33.6. The van der Waals surface area contributed by atoms with E-state index in [0.717, 1.165) is 54.1 Å². The highest BCUT2D eigenvalue weighted by Gasteiger charge is 2.60. The Kier molecular flexibility index (Phi) is 21.7. The number of hydrogen-bond donors (Lipinski definition) is 0. The van der Waals surface area contributed by atoms with Crippen LogP contribution >= 0.6 is 0 Å². The van der Waals surface area contributed by atoms with Crippen LogP contribution in [0, 0.1) is 5.41 Å². The lowest BCUT2D eigenvalue weighted by Crippen LogP contribution is -2.54. The Morgan fingerprint density at radius 1 is 0.422 bits per heavy atom. The number of ether oxygens (including phenoxy) is 1. The van der Waals surface area contributed by atoms with Gasteiger partial charge in [-0.25, -0.2) is 0 Å². The summed E-state index contributed by atoms with van der Waals surface area (Å²) in [6, 6.07) is 63.9. The molecule has 0 radical (unpaired) electrons. The number of methoxy groups -OCH3 is 1. The largest absolute Gasteiger partial charge is 0.497 e. The average Bonchev–Trinajstić information content (AvgIpc) is 1.55. The molecule has 7 aromatic carbocycles. The zero-order chi connectivity index (χ0) is 61.5. The lowest BCUT2D eigenvalue weighted by atomic mass is 9.86. The van der Waals surface area contributed by atoms with Gasteiger partial charge in [0.25, 0.3) is 0 Å². The van der Waals surface area contributed by atoms with Crippen molar-refractivity contribution < 1.29 is 14.3 Å². The Labute approximate surface area is 556 Å². The van der Waals surface area contributed by atoms with E-state index >= 15 is 0 Å². The molecule has 8 heterocycles. The standard InChI is InChI=1S/C24H23S.C21H31O2S.C20H23S.C16H21OS.2CH4/c1-24(2,3)16-12-14-17(15-13-16)25-22-18-8-4-5-9-19(18)23(25)21-11-7-6-10-20(21)22;1-21(2,3)20(19(22)15-11-13-16(23-4)14-12-15)24-17-7-5-8-18(24)10-6-9-17;1-20(2,3)14-8-10-15(11-9-14)21-18-12-13-19(21)17-7-5-4-6-16(17)18;17-16(13-6-2-1-3-7-13)12-18-14-8-4-9-15(18)11-5-10-14;;/h4-15,22-23H,1-3H3;11-14,17-18,20H,5-10H2,1-4H3;4-11,18-19H,12-13H2,1-3H3;1-3,6-7,14-15H,4-5,8-12H2;2*1H4/q4*+1;;. The summed E-state index contributed by atoms with van der Waals surface area (Å²) in [6.45, 7) is 20.5. The lowest BCUT2D eigenvalue weighted by molar-refractivity contribution is 0.0946. The fraction of sp³-hybridized carbons (Fsp3) is 0.470. The van der Waals surface area contributed by atoms with E-state index in [4.69, 9.17) is 4.74 Å². The fourth-order valence-corrected chi connectivity index (χ4v) is 30.2. The first-order valence-electron chi connectivity index (χ1n) is 33.4. The van der Waals surface area contributed by atoms with Crippen LogP contribution in [0.3, 0.4) is 0 Å². The summed E-state index contributed by atoms with van der Waals surface area (Å²) in [6.07, 6.45) is 19.1. The van der Waals surface area contributed by atoms with Crippen LogP contribution in [-0.2, 0) is 54.4 Å². The van der Waals surface area contributed by atoms with Gasteiger partial charge in [-0.1, -0.05) is 205 Å². The Hall–Kier alpha value is -4.92. The molecule has 476 valence electrons. The van der Waals surface area contributed by atoms with Crippen LogP contribution in [-0.4, -0.2) is 50.7 Å². The van der Waals surface area contributed by atoms with Gasteiger partial charge in [-0.05, 0) is 148 Å². The maximum atomic E-state index is 13.5. The van der Waals surface area contributed by atoms with Crippen molar-refractivity contribution in [3.8, 4) is 5.75 Å². The summed E-state index contributed by atoms with van der Waals surface area (Å²) in [5, 5.41) is 6.10. The second kappa shape index (κ2) is 28.7. The normalized spacial score (nSPS) is 26.5. The van der Waals surface area contributed by atoms with Crippen molar-refractivity contribution in [3.05, 3.63) is 232 Å². The number of Topliss-reactive ketones (excluding diaryl/α,β-unsaturated/α-hetero) is 2. The minimum atomic E-state index is 0. The maximum absolute atomic E-state index is 13.5. The van der Waals surface area contributed by atoms with Crippen LogP contribution in [0.1, 0.15) is 253 Å². The van der Waals surface area contributed by atoms with Gasteiger partial charge in [-0.3, -0.25) is 9.59 Å². The van der Waals surface area contributed by atoms with Gasteiger partial charge in [-0.15, -0.1) is 0 Å². The zero-order valence-corrected chi connectivity index (χ0v) is 57.7. The summed E-state index contributed by atoms with van der Waals surface area (Å²) in [7, 11) is 2.88. The van der Waals surface area contributed by atoms with Gasteiger partial charge < -0.3 is 4.74 Å². The Bertz CT molecular complexity index is 3340. The van der Waals surface area contributed by atoms with E-state index in [1.165, 1.54) is 106 Å². The molecule has 3 unspecified atom stereocenters. The van der Waals surface area contributed by atoms with Crippen molar-refractivity contribution >= 4 is 55.1 Å². The van der Waals surface area contributed by atoms with E-state index < -0.39 is 0 Å². The van der Waals surface area contributed by atoms with E-state index in [-0.39, 0.29) is 58.1 Å². The second-order valence-electron chi connectivity index (χ2n) is 29.4. The first kappa shape index (κ1) is 68.0. The number of benzene rings is 7. The number of carbonyl (C=O) groups excluding carboxylic acids is 2. The van der Waals surface area contributed by atoms with Crippen molar-refractivity contribution in [2.24, 2.45) is 5.41 Å². The Morgan fingerprint density at radius 3 is 1.17 bits per heavy atom. The third-order valence-electron chi connectivity index (χ3n) is 20.5. The molecular weight excluding hydrogens is 1170 g/mol. The van der Waals surface area contributed by atoms with Gasteiger partial charge in [-0.2, -0.15) is 0 Å². The van der Waals surface area contributed by atoms with Crippen molar-refractivity contribution in [1.29, 1.82) is 0 Å². The maximum Gasteiger partial charge on any atom is 0.215 e. The second-order valence-corrected chi connectivity index (χ2v) is 39.0. The smallest absolute Gasteiger partial charge is 0.215 e. The molecule has 0 aromatic heterocycles. The Morgan fingerprint density at radius 2 is 0.789 bits per heavy atom. The molecule has 0 N–H and O–H groups in total. The van der Waals surface area contributed by atoms with Gasteiger partial charge in [0.15, 0.2) is 31.3 Å².